The van der Waals surface area contributed by atoms with Gasteiger partial charge in [-0.3, -0.25) is 0 Å². The number of benzene rings is 3. The third-order valence-corrected chi connectivity index (χ3v) is 6.29. The van der Waals surface area contributed by atoms with Gasteiger partial charge in [0, 0.05) is 28.9 Å². The Balaban J connectivity index is 1.90. The lowest BCUT2D eigenvalue weighted by Gasteiger charge is -2.13. The summed E-state index contributed by atoms with van der Waals surface area (Å²) >= 11 is 0. The zero-order valence-corrected chi connectivity index (χ0v) is 20.0. The Hall–Kier alpha value is -4.12. The highest BCUT2D eigenvalue weighted by atomic mass is 16.5. The van der Waals surface area contributed by atoms with Crippen molar-refractivity contribution in [3.8, 4) is 45.3 Å². The van der Waals surface area contributed by atoms with E-state index in [4.69, 9.17) is 18.9 Å². The first-order chi connectivity index (χ1) is 16.6. The second-order valence-electron chi connectivity index (χ2n) is 8.22. The number of aromatic nitrogens is 1. The molecule has 0 saturated carbocycles. The van der Waals surface area contributed by atoms with Crippen molar-refractivity contribution < 1.29 is 18.9 Å². The van der Waals surface area contributed by atoms with Crippen LogP contribution in [0.25, 0.3) is 38.5 Å². The topological polar surface area (TPSA) is 41.3 Å². The van der Waals surface area contributed by atoms with Gasteiger partial charge in [0.25, 0.3) is 0 Å². The Labute approximate surface area is 199 Å². The molecule has 2 heterocycles. The predicted octanol–water partition coefficient (Wildman–Crippen LogP) is 6.77. The lowest BCUT2D eigenvalue weighted by atomic mass is 9.95. The molecular weight excluding hydrogens is 426 g/mol. The predicted molar refractivity (Wildman–Crippen MR) is 137 cm³/mol. The normalized spacial score (nSPS) is 11.1. The maximum Gasteiger partial charge on any atom is 0.161 e. The molecule has 0 N–H and O–H groups in total. The van der Waals surface area contributed by atoms with Crippen molar-refractivity contribution in [2.24, 2.45) is 0 Å². The molecule has 34 heavy (non-hydrogen) atoms. The zero-order chi connectivity index (χ0) is 23.8. The lowest BCUT2D eigenvalue weighted by molar-refractivity contribution is 0.355. The molecule has 0 radical (unpaired) electrons. The van der Waals surface area contributed by atoms with E-state index in [9.17, 15) is 0 Å². The Morgan fingerprint density at radius 1 is 0.618 bits per heavy atom. The smallest absolute Gasteiger partial charge is 0.161 e. The van der Waals surface area contributed by atoms with Crippen LogP contribution in [0.15, 0.2) is 73.1 Å². The molecule has 0 unspecified atom stereocenters. The minimum Gasteiger partial charge on any atom is -0.493 e. The van der Waals surface area contributed by atoms with E-state index in [-0.39, 0.29) is 0 Å². The van der Waals surface area contributed by atoms with Crippen molar-refractivity contribution in [2.75, 3.05) is 28.4 Å². The van der Waals surface area contributed by atoms with Crippen LogP contribution in [0.4, 0.5) is 0 Å². The average Bonchev–Trinajstić information content (AvgIpc) is 3.27. The zero-order valence-electron chi connectivity index (χ0n) is 20.0. The van der Waals surface area contributed by atoms with Crippen LogP contribution in [0.5, 0.6) is 23.0 Å². The maximum absolute atomic E-state index is 5.64. The molecular formula is C29H27NO4. The van der Waals surface area contributed by atoms with Crippen LogP contribution in [0.3, 0.4) is 0 Å². The molecule has 0 aliphatic carbocycles. The van der Waals surface area contributed by atoms with Crippen molar-refractivity contribution in [3.63, 3.8) is 0 Å². The van der Waals surface area contributed by atoms with E-state index in [1.54, 1.807) is 28.4 Å². The van der Waals surface area contributed by atoms with Gasteiger partial charge in [0.2, 0.25) is 0 Å². The maximum atomic E-state index is 5.64. The van der Waals surface area contributed by atoms with Crippen molar-refractivity contribution in [1.29, 1.82) is 0 Å². The summed E-state index contributed by atoms with van der Waals surface area (Å²) < 4.78 is 24.5. The van der Waals surface area contributed by atoms with Crippen molar-refractivity contribution in [2.45, 2.75) is 6.92 Å². The summed E-state index contributed by atoms with van der Waals surface area (Å²) in [7, 11) is 6.63. The van der Waals surface area contributed by atoms with Crippen LogP contribution >= 0.6 is 0 Å². The fourth-order valence-electron chi connectivity index (χ4n) is 4.55. The molecule has 0 fully saturated rings. The molecule has 0 spiro atoms. The Bertz CT molecular complexity index is 1500. The Morgan fingerprint density at radius 3 is 1.91 bits per heavy atom. The molecule has 3 aromatic carbocycles. The first-order valence-corrected chi connectivity index (χ1v) is 11.1. The van der Waals surface area contributed by atoms with Gasteiger partial charge in [0.1, 0.15) is 0 Å². The number of rotatable bonds is 6. The molecule has 172 valence electrons. The molecule has 0 aliphatic heterocycles. The largest absolute Gasteiger partial charge is 0.493 e. The van der Waals surface area contributed by atoms with Crippen LogP contribution in [-0.2, 0) is 0 Å². The first-order valence-electron chi connectivity index (χ1n) is 11.1. The fraction of sp³-hybridized carbons (Fsp3) is 0.172. The second-order valence-corrected chi connectivity index (χ2v) is 8.22. The molecule has 0 atom stereocenters. The summed E-state index contributed by atoms with van der Waals surface area (Å²) in [6.45, 7) is 2.10. The summed E-state index contributed by atoms with van der Waals surface area (Å²) in [5.41, 5.74) is 6.74. The molecule has 5 nitrogen and oxygen atoms in total. The first kappa shape index (κ1) is 21.7. The van der Waals surface area contributed by atoms with Crippen LogP contribution in [-0.4, -0.2) is 32.8 Å². The van der Waals surface area contributed by atoms with E-state index in [1.165, 1.54) is 5.56 Å². The molecule has 0 bridgehead atoms. The van der Waals surface area contributed by atoms with Gasteiger partial charge in [0.05, 0.1) is 34.0 Å². The summed E-state index contributed by atoms with van der Waals surface area (Å²) in [6.07, 6.45) is 4.27. The summed E-state index contributed by atoms with van der Waals surface area (Å²) in [6, 6.07) is 20.8. The van der Waals surface area contributed by atoms with E-state index in [0.717, 1.165) is 38.5 Å². The summed E-state index contributed by atoms with van der Waals surface area (Å²) in [4.78, 5) is 0. The number of methoxy groups -OCH3 is 4. The molecule has 5 aromatic rings. The van der Waals surface area contributed by atoms with Crippen LogP contribution < -0.4 is 18.9 Å². The number of aryl methyl sites for hydroxylation is 1. The number of hydrogen-bond acceptors (Lipinski definition) is 4. The number of pyridine rings is 1. The van der Waals surface area contributed by atoms with Gasteiger partial charge in [-0.05, 0) is 53.8 Å². The summed E-state index contributed by atoms with van der Waals surface area (Å²) in [5, 5.41) is 2.14. The van der Waals surface area contributed by atoms with Gasteiger partial charge in [-0.1, -0.05) is 35.9 Å². The third kappa shape index (κ3) is 3.50. The average molecular weight is 454 g/mol. The van der Waals surface area contributed by atoms with Crippen molar-refractivity contribution in [1.82, 2.24) is 4.40 Å². The van der Waals surface area contributed by atoms with E-state index in [2.05, 4.69) is 60.1 Å². The van der Waals surface area contributed by atoms with Gasteiger partial charge < -0.3 is 23.3 Å². The molecule has 2 aromatic heterocycles. The van der Waals surface area contributed by atoms with E-state index in [1.807, 2.05) is 24.3 Å². The molecule has 5 rings (SSSR count). The van der Waals surface area contributed by atoms with E-state index in [0.29, 0.717) is 23.0 Å². The van der Waals surface area contributed by atoms with Crippen molar-refractivity contribution in [3.05, 3.63) is 78.6 Å². The number of ether oxygens (including phenoxy) is 4. The van der Waals surface area contributed by atoms with Gasteiger partial charge >= 0.3 is 0 Å². The van der Waals surface area contributed by atoms with Crippen molar-refractivity contribution >= 4 is 16.3 Å². The highest BCUT2D eigenvalue weighted by molar-refractivity contribution is 6.09. The van der Waals surface area contributed by atoms with Crippen LogP contribution in [0, 0.1) is 6.92 Å². The van der Waals surface area contributed by atoms with Gasteiger partial charge in [0.15, 0.2) is 23.0 Å². The van der Waals surface area contributed by atoms with Crippen LogP contribution in [0.2, 0.25) is 0 Å². The van der Waals surface area contributed by atoms with Gasteiger partial charge in [-0.15, -0.1) is 0 Å². The molecule has 0 amide bonds. The standard InChI is InChI=1S/C29H27NO4/c1-18-6-8-19(9-7-18)23-17-30-13-12-20-14-26(33-4)27(34-5)16-22(20)29(30)28(23)21-10-11-24(31-2)25(15-21)32-3/h6-17H,1-5H3. The van der Waals surface area contributed by atoms with E-state index < -0.39 is 0 Å². The molecule has 0 saturated heterocycles. The molecule has 0 aliphatic rings. The monoisotopic (exact) mass is 453 g/mol. The number of nitrogens with zero attached hydrogens (tertiary/aromatic N) is 1. The van der Waals surface area contributed by atoms with Crippen LogP contribution in [0.1, 0.15) is 5.56 Å². The SMILES string of the molecule is COc1ccc(-c2c(-c3ccc(C)cc3)cn3ccc4cc(OC)c(OC)cc4c23)cc1OC. The fourth-order valence-corrected chi connectivity index (χ4v) is 4.55. The Kier molecular flexibility index (Phi) is 5.54. The third-order valence-electron chi connectivity index (χ3n) is 6.29. The number of fused-ring (bicyclic) bond motifs is 3. The quantitative estimate of drug-likeness (QED) is 0.285. The highest BCUT2D eigenvalue weighted by Crippen LogP contribution is 2.44. The minimum atomic E-state index is 0.689. The lowest BCUT2D eigenvalue weighted by Crippen LogP contribution is -1.93. The minimum absolute atomic E-state index is 0.689. The number of hydrogen-bond donors (Lipinski definition) is 0. The second kappa shape index (κ2) is 8.67. The molecule has 5 heteroatoms. The van der Waals surface area contributed by atoms with Gasteiger partial charge in [-0.25, -0.2) is 0 Å². The highest BCUT2D eigenvalue weighted by Gasteiger charge is 2.20. The Morgan fingerprint density at radius 2 is 1.24 bits per heavy atom. The summed E-state index contributed by atoms with van der Waals surface area (Å²) in [5.74, 6) is 2.79. The van der Waals surface area contributed by atoms with Gasteiger partial charge in [-0.2, -0.15) is 0 Å². The van der Waals surface area contributed by atoms with E-state index >= 15 is 0 Å².